The van der Waals surface area contributed by atoms with E-state index in [4.69, 9.17) is 4.74 Å². The highest BCUT2D eigenvalue weighted by molar-refractivity contribution is 5.96. The molecule has 8 nitrogen and oxygen atoms in total. The topological polar surface area (TPSA) is 92.3 Å². The minimum Gasteiger partial charge on any atom is -0.438 e. The van der Waals surface area contributed by atoms with E-state index >= 15 is 0 Å². The second-order valence-electron chi connectivity index (χ2n) is 8.52. The van der Waals surface area contributed by atoms with Gasteiger partial charge >= 0.3 is 0 Å². The molecule has 0 saturated heterocycles. The van der Waals surface area contributed by atoms with E-state index in [-0.39, 0.29) is 18.0 Å². The molecule has 1 amide bonds. The highest BCUT2D eigenvalue weighted by Crippen LogP contribution is 2.25. The van der Waals surface area contributed by atoms with Crippen LogP contribution >= 0.6 is 0 Å². The maximum Gasteiger partial charge on any atom is 0.257 e. The number of anilines is 2. The average molecular weight is 447 g/mol. The van der Waals surface area contributed by atoms with Crippen LogP contribution in [0.4, 0.5) is 11.8 Å². The van der Waals surface area contributed by atoms with E-state index in [1.54, 1.807) is 18.3 Å². The molecular formula is C25H30N6O2. The van der Waals surface area contributed by atoms with Crippen molar-refractivity contribution in [2.24, 2.45) is 0 Å². The summed E-state index contributed by atoms with van der Waals surface area (Å²) in [4.78, 5) is 28.3. The van der Waals surface area contributed by atoms with Gasteiger partial charge in [-0.1, -0.05) is 18.2 Å². The predicted octanol–water partition coefficient (Wildman–Crippen LogP) is 4.19. The van der Waals surface area contributed by atoms with Crippen molar-refractivity contribution >= 4 is 17.7 Å². The van der Waals surface area contributed by atoms with Crippen LogP contribution in [-0.2, 0) is 0 Å². The molecule has 33 heavy (non-hydrogen) atoms. The average Bonchev–Trinajstić information content (AvgIpc) is 2.81. The number of hydrogen-bond donors (Lipinski definition) is 2. The fraction of sp³-hybridized carbons (Fsp3) is 0.360. The number of carbonyl (C=O) groups is 1. The summed E-state index contributed by atoms with van der Waals surface area (Å²) in [5.41, 5.74) is 1.37. The minimum atomic E-state index is -0.164. The first-order valence-corrected chi connectivity index (χ1v) is 11.3. The standard InChI is InChI=1S/C25H30N6O2/c1-17-16-22(31(2)3)30-25(27-17)29-19-13-11-18(12-14-19)28-23(32)21-10-7-15-26-24(21)33-20-8-5-4-6-9-20/h4-10,15-16,18-19H,11-14H2,1-3H3,(H,28,32)(H,27,29,30). The van der Waals surface area contributed by atoms with Crippen LogP contribution in [0.5, 0.6) is 11.6 Å². The molecule has 0 aliphatic heterocycles. The Morgan fingerprint density at radius 1 is 1.00 bits per heavy atom. The molecule has 2 N–H and O–H groups in total. The number of carbonyl (C=O) groups excluding carboxylic acids is 1. The lowest BCUT2D eigenvalue weighted by atomic mass is 9.91. The molecule has 1 aromatic carbocycles. The Hall–Kier alpha value is -3.68. The van der Waals surface area contributed by atoms with Crippen molar-refractivity contribution in [3.05, 3.63) is 66.0 Å². The monoisotopic (exact) mass is 446 g/mol. The van der Waals surface area contributed by atoms with Crippen LogP contribution in [0.3, 0.4) is 0 Å². The second kappa shape index (κ2) is 10.3. The largest absolute Gasteiger partial charge is 0.438 e. The van der Waals surface area contributed by atoms with Crippen LogP contribution < -0.4 is 20.3 Å². The SMILES string of the molecule is Cc1cc(N(C)C)nc(NC2CCC(NC(=O)c3cccnc3Oc3ccccc3)CC2)n1. The molecule has 1 fully saturated rings. The van der Waals surface area contributed by atoms with Crippen molar-refractivity contribution in [2.45, 2.75) is 44.7 Å². The highest BCUT2D eigenvalue weighted by atomic mass is 16.5. The Bertz CT molecular complexity index is 1080. The number of hydrogen-bond acceptors (Lipinski definition) is 7. The van der Waals surface area contributed by atoms with Gasteiger partial charge in [0.25, 0.3) is 5.91 Å². The summed E-state index contributed by atoms with van der Waals surface area (Å²) in [6, 6.07) is 15.2. The third kappa shape index (κ3) is 5.97. The van der Waals surface area contributed by atoms with Gasteiger partial charge in [0.15, 0.2) is 0 Å². The van der Waals surface area contributed by atoms with Crippen molar-refractivity contribution < 1.29 is 9.53 Å². The van der Waals surface area contributed by atoms with Crippen LogP contribution in [0.2, 0.25) is 0 Å². The molecule has 1 saturated carbocycles. The van der Waals surface area contributed by atoms with Crippen LogP contribution in [0.1, 0.15) is 41.7 Å². The molecule has 0 spiro atoms. The van der Waals surface area contributed by atoms with Gasteiger partial charge in [0, 0.05) is 44.1 Å². The van der Waals surface area contributed by atoms with Gasteiger partial charge in [-0.25, -0.2) is 9.97 Å². The lowest BCUT2D eigenvalue weighted by Gasteiger charge is -2.30. The predicted molar refractivity (Wildman–Crippen MR) is 129 cm³/mol. The number of rotatable bonds is 7. The Kier molecular flexibility index (Phi) is 7.02. The number of aryl methyl sites for hydroxylation is 1. The van der Waals surface area contributed by atoms with Crippen molar-refractivity contribution in [1.29, 1.82) is 0 Å². The fourth-order valence-electron chi connectivity index (χ4n) is 3.92. The zero-order chi connectivity index (χ0) is 23.2. The molecule has 172 valence electrons. The van der Waals surface area contributed by atoms with Gasteiger partial charge in [-0.3, -0.25) is 4.79 Å². The number of amides is 1. The minimum absolute atomic E-state index is 0.107. The summed E-state index contributed by atoms with van der Waals surface area (Å²) < 4.78 is 5.84. The zero-order valence-electron chi connectivity index (χ0n) is 19.3. The molecule has 1 aliphatic carbocycles. The molecular weight excluding hydrogens is 416 g/mol. The molecule has 1 aliphatic rings. The van der Waals surface area contributed by atoms with Crippen LogP contribution in [0, 0.1) is 6.92 Å². The number of nitrogens with zero attached hydrogens (tertiary/aromatic N) is 4. The summed E-state index contributed by atoms with van der Waals surface area (Å²) >= 11 is 0. The van der Waals surface area contributed by atoms with E-state index in [1.165, 1.54) is 0 Å². The summed E-state index contributed by atoms with van der Waals surface area (Å²) in [5.74, 6) is 2.33. The Morgan fingerprint density at radius 2 is 1.73 bits per heavy atom. The third-order valence-electron chi connectivity index (χ3n) is 5.67. The molecule has 0 unspecified atom stereocenters. The molecule has 0 bridgehead atoms. The first kappa shape index (κ1) is 22.5. The van der Waals surface area contributed by atoms with Crippen LogP contribution in [0.25, 0.3) is 0 Å². The number of nitrogens with one attached hydrogen (secondary N) is 2. The molecule has 0 atom stereocenters. The van der Waals surface area contributed by atoms with E-state index < -0.39 is 0 Å². The molecule has 3 aromatic rings. The van der Waals surface area contributed by atoms with E-state index in [0.29, 0.717) is 23.1 Å². The smallest absolute Gasteiger partial charge is 0.257 e. The number of aromatic nitrogens is 3. The number of benzene rings is 1. The van der Waals surface area contributed by atoms with Crippen LogP contribution in [0.15, 0.2) is 54.7 Å². The summed E-state index contributed by atoms with van der Waals surface area (Å²) in [5, 5.41) is 6.62. The van der Waals surface area contributed by atoms with Gasteiger partial charge in [-0.2, -0.15) is 4.98 Å². The first-order chi connectivity index (χ1) is 16.0. The van der Waals surface area contributed by atoms with Crippen molar-refractivity contribution in [2.75, 3.05) is 24.3 Å². The quantitative estimate of drug-likeness (QED) is 0.562. The van der Waals surface area contributed by atoms with Crippen molar-refractivity contribution in [3.8, 4) is 11.6 Å². The molecule has 0 radical (unpaired) electrons. The van der Waals surface area contributed by atoms with Gasteiger partial charge in [0.2, 0.25) is 11.8 Å². The molecule has 8 heteroatoms. The van der Waals surface area contributed by atoms with Gasteiger partial charge in [-0.05, 0) is 56.9 Å². The van der Waals surface area contributed by atoms with Gasteiger partial charge < -0.3 is 20.3 Å². The Labute approximate surface area is 194 Å². The summed E-state index contributed by atoms with van der Waals surface area (Å²) in [6.07, 6.45) is 5.25. The van der Waals surface area contributed by atoms with Crippen molar-refractivity contribution in [1.82, 2.24) is 20.3 Å². The highest BCUT2D eigenvalue weighted by Gasteiger charge is 2.25. The van der Waals surface area contributed by atoms with E-state index in [1.807, 2.05) is 62.3 Å². The maximum absolute atomic E-state index is 13.0. The molecule has 4 rings (SSSR count). The normalized spacial score (nSPS) is 17.8. The lowest BCUT2D eigenvalue weighted by molar-refractivity contribution is 0.0923. The van der Waals surface area contributed by atoms with Gasteiger partial charge in [-0.15, -0.1) is 0 Å². The van der Waals surface area contributed by atoms with Crippen molar-refractivity contribution in [3.63, 3.8) is 0 Å². The summed E-state index contributed by atoms with van der Waals surface area (Å²) in [7, 11) is 3.94. The fourth-order valence-corrected chi connectivity index (χ4v) is 3.92. The van der Waals surface area contributed by atoms with Gasteiger partial charge in [0.05, 0.1) is 0 Å². The van der Waals surface area contributed by atoms with Gasteiger partial charge in [0.1, 0.15) is 17.1 Å². The molecule has 2 aromatic heterocycles. The Balaban J connectivity index is 1.33. The van der Waals surface area contributed by atoms with E-state index in [2.05, 4.69) is 25.6 Å². The Morgan fingerprint density at radius 3 is 2.45 bits per heavy atom. The molecule has 2 heterocycles. The zero-order valence-corrected chi connectivity index (χ0v) is 19.3. The first-order valence-electron chi connectivity index (χ1n) is 11.3. The maximum atomic E-state index is 13.0. The third-order valence-corrected chi connectivity index (χ3v) is 5.67. The number of ether oxygens (including phenoxy) is 1. The van der Waals surface area contributed by atoms with Crippen LogP contribution in [-0.4, -0.2) is 47.0 Å². The lowest BCUT2D eigenvalue weighted by Crippen LogP contribution is -2.40. The van der Waals surface area contributed by atoms with E-state index in [9.17, 15) is 4.79 Å². The van der Waals surface area contributed by atoms with E-state index in [0.717, 1.165) is 37.2 Å². The number of para-hydroxylation sites is 1. The second-order valence-corrected chi connectivity index (χ2v) is 8.52. The number of pyridine rings is 1. The summed E-state index contributed by atoms with van der Waals surface area (Å²) in [6.45, 7) is 1.97.